The Balaban J connectivity index is 2.28. The first kappa shape index (κ1) is 19.2. The van der Waals surface area contributed by atoms with E-state index in [1.165, 1.54) is 33.4 Å². The predicted molar refractivity (Wildman–Crippen MR) is 95.8 cm³/mol. The van der Waals surface area contributed by atoms with Crippen molar-refractivity contribution < 1.29 is 33.8 Å². The summed E-state index contributed by atoms with van der Waals surface area (Å²) < 4.78 is 13.7. The Morgan fingerprint density at radius 1 is 0.708 bits per heavy atom. The fourth-order valence-electron chi connectivity index (χ4n) is 3.25. The van der Waals surface area contributed by atoms with Gasteiger partial charge in [-0.1, -0.05) is 0 Å². The van der Waals surface area contributed by atoms with E-state index in [-0.39, 0.29) is 6.29 Å². The fraction of sp³-hybridized carbons (Fsp3) is 0.429. The molecule has 0 saturated heterocycles. The molecular weight excluding hydrogens is 329 g/mol. The molecule has 0 unspecified atom stereocenters. The summed E-state index contributed by atoms with van der Waals surface area (Å²) in [5, 5.41) is 0. The molecule has 3 heteroatoms. The van der Waals surface area contributed by atoms with Gasteiger partial charge in [0.25, 0.3) is 0 Å². The van der Waals surface area contributed by atoms with Gasteiger partial charge in [0, 0.05) is 0 Å². The third-order valence-electron chi connectivity index (χ3n) is 4.11. The molecular formula is C21H27O2Sc. The van der Waals surface area contributed by atoms with Gasteiger partial charge in [0.05, 0.1) is 0 Å². The summed E-state index contributed by atoms with van der Waals surface area (Å²) in [6.45, 7) is 12.6. The van der Waals surface area contributed by atoms with Crippen molar-refractivity contribution in [3.63, 3.8) is 0 Å². The van der Waals surface area contributed by atoms with Crippen LogP contribution in [-0.2, 0) is 24.4 Å². The third-order valence-corrected chi connectivity index (χ3v) is 4.63. The molecule has 0 N–H and O–H groups in total. The number of aryl methyl sites for hydroxylation is 6. The van der Waals surface area contributed by atoms with Crippen LogP contribution in [-0.4, -0.2) is 6.29 Å². The van der Waals surface area contributed by atoms with Crippen LogP contribution in [0.5, 0.6) is 11.5 Å². The maximum absolute atomic E-state index is 6.30. The SMILES string of the molecule is Cc1cc(C)c(OC(C[CH2][Sc])Oc2c(C)cc(C)cc2C)c(C)c1. The van der Waals surface area contributed by atoms with Gasteiger partial charge in [-0.15, -0.1) is 0 Å². The van der Waals surface area contributed by atoms with Crippen LogP contribution < -0.4 is 9.47 Å². The molecule has 0 atom stereocenters. The standard InChI is InChI=1S/C21H27O2.Sc/c1-8-19(22-20-15(4)9-13(2)10-16(20)5)23-21-17(6)11-14(3)12-18(21)7;/h9-12,19H,1,8H2,2-7H3;. The van der Waals surface area contributed by atoms with Gasteiger partial charge in [0.2, 0.25) is 0 Å². The van der Waals surface area contributed by atoms with E-state index in [1.807, 2.05) is 0 Å². The monoisotopic (exact) mass is 356 g/mol. The zero-order valence-corrected chi connectivity index (χ0v) is 17.5. The minimum absolute atomic E-state index is 0.253. The van der Waals surface area contributed by atoms with Crippen LogP contribution in [0.4, 0.5) is 0 Å². The summed E-state index contributed by atoms with van der Waals surface area (Å²) in [7, 11) is 0. The Bertz CT molecular complexity index is 616. The van der Waals surface area contributed by atoms with Gasteiger partial charge in [0.1, 0.15) is 0 Å². The quantitative estimate of drug-likeness (QED) is 0.620. The van der Waals surface area contributed by atoms with Crippen molar-refractivity contribution in [3.8, 4) is 11.5 Å². The molecule has 0 aromatic heterocycles. The second-order valence-corrected chi connectivity index (χ2v) is 7.60. The Morgan fingerprint density at radius 3 is 1.33 bits per heavy atom. The molecule has 0 saturated carbocycles. The van der Waals surface area contributed by atoms with E-state index in [0.29, 0.717) is 0 Å². The van der Waals surface area contributed by atoms with Crippen LogP contribution >= 0.6 is 0 Å². The van der Waals surface area contributed by atoms with Crippen LogP contribution in [0.25, 0.3) is 0 Å². The molecule has 0 aliphatic heterocycles. The van der Waals surface area contributed by atoms with Crippen molar-refractivity contribution in [1.82, 2.24) is 0 Å². The summed E-state index contributed by atoms with van der Waals surface area (Å²) in [6.07, 6.45) is 0.636. The average molecular weight is 356 g/mol. The maximum atomic E-state index is 6.30. The molecule has 126 valence electrons. The number of hydrogen-bond donors (Lipinski definition) is 0. The summed E-state index contributed by atoms with van der Waals surface area (Å²) >= 11 is 1.70. The summed E-state index contributed by atoms with van der Waals surface area (Å²) in [5.74, 6) is 1.91. The molecule has 0 aliphatic rings. The van der Waals surface area contributed by atoms with Crippen molar-refractivity contribution in [2.45, 2.75) is 58.4 Å². The van der Waals surface area contributed by atoms with Gasteiger partial charge < -0.3 is 0 Å². The molecule has 0 fully saturated rings. The van der Waals surface area contributed by atoms with Gasteiger partial charge >= 0.3 is 161 Å². The first-order chi connectivity index (χ1) is 11.3. The minimum atomic E-state index is -0.253. The molecule has 2 aromatic rings. The van der Waals surface area contributed by atoms with E-state index in [0.717, 1.165) is 22.1 Å². The van der Waals surface area contributed by atoms with Crippen LogP contribution in [0.2, 0.25) is 4.18 Å². The number of benzene rings is 2. The van der Waals surface area contributed by atoms with Gasteiger partial charge in [-0.3, -0.25) is 0 Å². The van der Waals surface area contributed by atoms with Gasteiger partial charge in [-0.05, 0) is 0 Å². The van der Waals surface area contributed by atoms with Crippen LogP contribution in [0.15, 0.2) is 24.3 Å². The molecule has 0 bridgehead atoms. The van der Waals surface area contributed by atoms with Crippen LogP contribution in [0.1, 0.15) is 39.8 Å². The molecule has 0 radical (unpaired) electrons. The summed E-state index contributed by atoms with van der Waals surface area (Å²) in [4.78, 5) is 0. The zero-order valence-electron chi connectivity index (χ0n) is 15.7. The second-order valence-electron chi connectivity index (χ2n) is 6.70. The summed E-state index contributed by atoms with van der Waals surface area (Å²) in [5.41, 5.74) is 7.19. The zero-order chi connectivity index (χ0) is 17.9. The summed E-state index contributed by atoms with van der Waals surface area (Å²) in [6, 6.07) is 8.66. The average Bonchev–Trinajstić information content (AvgIpc) is 2.46. The number of ether oxygens (including phenoxy) is 2. The normalized spacial score (nSPS) is 10.9. The van der Waals surface area contributed by atoms with Crippen molar-refractivity contribution in [1.29, 1.82) is 0 Å². The van der Waals surface area contributed by atoms with Crippen LogP contribution in [0, 0.1) is 41.5 Å². The first-order valence-corrected chi connectivity index (χ1v) is 9.78. The van der Waals surface area contributed by atoms with E-state index in [9.17, 15) is 0 Å². The van der Waals surface area contributed by atoms with Crippen molar-refractivity contribution in [3.05, 3.63) is 57.6 Å². The van der Waals surface area contributed by atoms with E-state index in [4.69, 9.17) is 9.47 Å². The predicted octanol–water partition coefficient (Wildman–Crippen LogP) is 5.68. The molecule has 2 aromatic carbocycles. The van der Waals surface area contributed by atoms with E-state index in [1.54, 1.807) is 24.4 Å². The Hall–Kier alpha value is -1.09. The van der Waals surface area contributed by atoms with Crippen molar-refractivity contribution in [2.24, 2.45) is 0 Å². The van der Waals surface area contributed by atoms with Crippen LogP contribution in [0.3, 0.4) is 0 Å². The Morgan fingerprint density at radius 2 is 1.04 bits per heavy atom. The molecule has 0 amide bonds. The van der Waals surface area contributed by atoms with E-state index < -0.39 is 0 Å². The van der Waals surface area contributed by atoms with Gasteiger partial charge in [-0.25, -0.2) is 0 Å². The number of hydrogen-bond acceptors (Lipinski definition) is 2. The van der Waals surface area contributed by atoms with E-state index in [2.05, 4.69) is 65.8 Å². The molecule has 2 nitrogen and oxygen atoms in total. The Kier molecular flexibility index (Phi) is 6.68. The molecule has 24 heavy (non-hydrogen) atoms. The molecule has 2 rings (SSSR count). The van der Waals surface area contributed by atoms with Crippen molar-refractivity contribution >= 4 is 0 Å². The fourth-order valence-corrected chi connectivity index (χ4v) is 3.67. The Labute approximate surface area is 161 Å². The van der Waals surface area contributed by atoms with E-state index >= 15 is 0 Å². The van der Waals surface area contributed by atoms with Gasteiger partial charge in [0.15, 0.2) is 0 Å². The second kappa shape index (κ2) is 8.33. The topological polar surface area (TPSA) is 18.5 Å². The van der Waals surface area contributed by atoms with Gasteiger partial charge in [-0.2, -0.15) is 0 Å². The molecule has 0 heterocycles. The first-order valence-electron chi connectivity index (χ1n) is 8.51. The third kappa shape index (κ3) is 4.72. The molecule has 0 spiro atoms. The van der Waals surface area contributed by atoms with Crippen molar-refractivity contribution in [2.75, 3.05) is 0 Å². The number of rotatable bonds is 6. The molecule has 0 aliphatic carbocycles.